The average molecular weight is 276 g/mol. The third kappa shape index (κ3) is 1.84. The second-order valence-corrected chi connectivity index (χ2v) is 7.30. The maximum absolute atomic E-state index is 10.2. The van der Waals surface area contributed by atoms with E-state index in [4.69, 9.17) is 4.42 Å². The van der Waals surface area contributed by atoms with Crippen molar-refractivity contribution in [2.24, 2.45) is 17.8 Å². The summed E-state index contributed by atoms with van der Waals surface area (Å²) in [5.74, 6) is 3.44. The van der Waals surface area contributed by atoms with Gasteiger partial charge in [-0.1, -0.05) is 6.92 Å². The van der Waals surface area contributed by atoms with Gasteiger partial charge in [0.15, 0.2) is 5.76 Å². The quantitative estimate of drug-likeness (QED) is 0.881. The van der Waals surface area contributed by atoms with E-state index in [9.17, 15) is 5.11 Å². The summed E-state index contributed by atoms with van der Waals surface area (Å²) >= 11 is 0. The molecule has 4 aliphatic carbocycles. The van der Waals surface area contributed by atoms with Crippen LogP contribution in [-0.2, 0) is 5.41 Å². The van der Waals surface area contributed by atoms with Crippen LogP contribution in [0.25, 0.3) is 0 Å². The molecule has 110 valence electrons. The third-order valence-electron chi connectivity index (χ3n) is 5.66. The van der Waals surface area contributed by atoms with Gasteiger partial charge in [-0.05, 0) is 62.7 Å². The van der Waals surface area contributed by atoms with Gasteiger partial charge in [-0.15, -0.1) is 0 Å². The van der Waals surface area contributed by atoms with Crippen molar-refractivity contribution in [3.63, 3.8) is 0 Å². The Labute approximate surface area is 120 Å². The van der Waals surface area contributed by atoms with Crippen molar-refractivity contribution in [2.45, 2.75) is 57.3 Å². The summed E-state index contributed by atoms with van der Waals surface area (Å²) in [5.41, 5.74) is 0.0813. The molecule has 0 radical (unpaired) electrons. The fourth-order valence-electron chi connectivity index (χ4n) is 5.35. The number of rotatable bonds is 4. The lowest BCUT2D eigenvalue weighted by Crippen LogP contribution is -2.48. The van der Waals surface area contributed by atoms with Crippen molar-refractivity contribution in [3.05, 3.63) is 5.76 Å². The van der Waals surface area contributed by atoms with E-state index in [1.165, 1.54) is 38.5 Å². The number of aromatic hydroxyl groups is 1. The topological polar surface area (TPSA) is 58.3 Å². The summed E-state index contributed by atoms with van der Waals surface area (Å²) in [7, 11) is 0. The van der Waals surface area contributed by atoms with E-state index in [0.717, 1.165) is 36.5 Å². The molecule has 0 saturated heterocycles. The minimum Gasteiger partial charge on any atom is -0.491 e. The Balaban J connectivity index is 1.65. The third-order valence-corrected chi connectivity index (χ3v) is 5.66. The molecule has 0 aliphatic heterocycles. The predicted octanol–water partition coefficient (Wildman–Crippen LogP) is 3.67. The Morgan fingerprint density at radius 2 is 1.80 bits per heavy atom. The molecule has 4 heteroatoms. The minimum absolute atomic E-state index is 0.0813. The van der Waals surface area contributed by atoms with Crippen LogP contribution in [-0.4, -0.2) is 16.6 Å². The van der Waals surface area contributed by atoms with E-state index < -0.39 is 0 Å². The van der Waals surface area contributed by atoms with Crippen LogP contribution >= 0.6 is 0 Å². The van der Waals surface area contributed by atoms with E-state index in [1.54, 1.807) is 0 Å². The fourth-order valence-corrected chi connectivity index (χ4v) is 5.35. The second-order valence-electron chi connectivity index (χ2n) is 7.30. The summed E-state index contributed by atoms with van der Waals surface area (Å²) in [4.78, 5) is 4.18. The van der Waals surface area contributed by atoms with Gasteiger partial charge in [-0.2, -0.15) is 4.98 Å². The molecule has 0 aromatic carbocycles. The maximum Gasteiger partial charge on any atom is 0.298 e. The number of hydrogen-bond acceptors (Lipinski definition) is 4. The molecule has 1 aromatic rings. The van der Waals surface area contributed by atoms with Crippen LogP contribution in [0.5, 0.6) is 5.88 Å². The lowest BCUT2D eigenvalue weighted by atomic mass is 9.49. The summed E-state index contributed by atoms with van der Waals surface area (Å²) in [6.07, 6.45) is 8.79. The first-order valence-electron chi connectivity index (χ1n) is 8.12. The Bertz CT molecular complexity index is 473. The summed E-state index contributed by atoms with van der Waals surface area (Å²) in [6.45, 7) is 2.94. The largest absolute Gasteiger partial charge is 0.491 e. The van der Waals surface area contributed by atoms with Gasteiger partial charge in [0, 0.05) is 12.0 Å². The molecule has 4 saturated carbocycles. The number of nitrogens with zero attached hydrogens (tertiary/aromatic N) is 1. The van der Waals surface area contributed by atoms with E-state index >= 15 is 0 Å². The Hall–Kier alpha value is -1.19. The highest BCUT2D eigenvalue weighted by molar-refractivity contribution is 5.35. The molecule has 5 rings (SSSR count). The molecule has 2 N–H and O–H groups in total. The molecule has 0 amide bonds. The monoisotopic (exact) mass is 276 g/mol. The van der Waals surface area contributed by atoms with Crippen molar-refractivity contribution < 1.29 is 9.52 Å². The Kier molecular flexibility index (Phi) is 2.76. The summed E-state index contributed by atoms with van der Waals surface area (Å²) in [6, 6.07) is 0.495. The Morgan fingerprint density at radius 1 is 1.20 bits per heavy atom. The number of anilines is 1. The molecule has 0 spiro atoms. The smallest absolute Gasteiger partial charge is 0.298 e. The first kappa shape index (κ1) is 12.5. The maximum atomic E-state index is 10.2. The number of oxazole rings is 1. The van der Waals surface area contributed by atoms with E-state index in [2.05, 4.69) is 17.2 Å². The first-order valence-corrected chi connectivity index (χ1v) is 8.12. The molecular formula is C16H24N2O2. The van der Waals surface area contributed by atoms with Crippen LogP contribution in [0.4, 0.5) is 6.01 Å². The zero-order valence-corrected chi connectivity index (χ0v) is 12.2. The highest BCUT2D eigenvalue weighted by Crippen LogP contribution is 2.62. The second kappa shape index (κ2) is 4.40. The van der Waals surface area contributed by atoms with Crippen molar-refractivity contribution in [1.82, 2.24) is 4.98 Å². The van der Waals surface area contributed by atoms with Gasteiger partial charge >= 0.3 is 0 Å². The van der Waals surface area contributed by atoms with Crippen LogP contribution < -0.4 is 5.32 Å². The van der Waals surface area contributed by atoms with Crippen molar-refractivity contribution in [3.8, 4) is 5.88 Å². The van der Waals surface area contributed by atoms with Crippen LogP contribution in [0.3, 0.4) is 0 Å². The molecule has 4 bridgehead atoms. The highest BCUT2D eigenvalue weighted by Gasteiger charge is 2.54. The molecule has 0 unspecified atom stereocenters. The molecule has 20 heavy (non-hydrogen) atoms. The highest BCUT2D eigenvalue weighted by atomic mass is 16.4. The molecule has 1 aromatic heterocycles. The van der Waals surface area contributed by atoms with Crippen molar-refractivity contribution >= 4 is 6.01 Å². The van der Waals surface area contributed by atoms with Gasteiger partial charge in [0.25, 0.3) is 11.9 Å². The van der Waals surface area contributed by atoms with E-state index in [1.807, 2.05) is 0 Å². The SMILES string of the molecule is CCCNc1nc(O)c(C23CC4CC(CC(C4)C2)C3)o1. The van der Waals surface area contributed by atoms with Gasteiger partial charge < -0.3 is 14.8 Å². The van der Waals surface area contributed by atoms with Gasteiger partial charge in [-0.25, -0.2) is 0 Å². The average Bonchev–Trinajstić information content (AvgIpc) is 2.77. The molecule has 4 aliphatic rings. The number of aromatic nitrogens is 1. The van der Waals surface area contributed by atoms with Gasteiger partial charge in [0.05, 0.1) is 0 Å². The van der Waals surface area contributed by atoms with Gasteiger partial charge in [0.1, 0.15) is 0 Å². The summed E-state index contributed by atoms with van der Waals surface area (Å²) in [5, 5.41) is 13.4. The molecular weight excluding hydrogens is 252 g/mol. The molecule has 4 nitrogen and oxygen atoms in total. The zero-order valence-electron chi connectivity index (χ0n) is 12.2. The number of nitrogens with one attached hydrogen (secondary N) is 1. The fraction of sp³-hybridized carbons (Fsp3) is 0.812. The standard InChI is InChI=1S/C16H24N2O2/c1-2-3-17-15-18-14(19)13(20-15)16-7-10-4-11(8-16)6-12(5-10)9-16/h10-12,19H,2-9H2,1H3,(H,17,18). The molecule has 0 atom stereocenters. The molecule has 4 fully saturated rings. The van der Waals surface area contributed by atoms with Crippen LogP contribution in [0.1, 0.15) is 57.6 Å². The number of hydrogen-bond donors (Lipinski definition) is 2. The normalized spacial score (nSPS) is 38.4. The van der Waals surface area contributed by atoms with E-state index in [0.29, 0.717) is 6.01 Å². The predicted molar refractivity (Wildman–Crippen MR) is 76.8 cm³/mol. The summed E-state index contributed by atoms with van der Waals surface area (Å²) < 4.78 is 5.93. The van der Waals surface area contributed by atoms with Gasteiger partial charge in [0.2, 0.25) is 0 Å². The van der Waals surface area contributed by atoms with E-state index in [-0.39, 0.29) is 11.3 Å². The lowest BCUT2D eigenvalue weighted by molar-refractivity contribution is -0.0161. The van der Waals surface area contributed by atoms with Gasteiger partial charge in [-0.3, -0.25) is 0 Å². The van der Waals surface area contributed by atoms with Crippen LogP contribution in [0.2, 0.25) is 0 Å². The zero-order chi connectivity index (χ0) is 13.7. The molecule has 1 heterocycles. The lowest BCUT2D eigenvalue weighted by Gasteiger charge is -2.55. The van der Waals surface area contributed by atoms with Crippen LogP contribution in [0.15, 0.2) is 4.42 Å². The van der Waals surface area contributed by atoms with Crippen molar-refractivity contribution in [1.29, 1.82) is 0 Å². The first-order chi connectivity index (χ1) is 9.68. The minimum atomic E-state index is 0.0813. The Morgan fingerprint density at radius 3 is 2.35 bits per heavy atom. The van der Waals surface area contributed by atoms with Crippen molar-refractivity contribution in [2.75, 3.05) is 11.9 Å². The van der Waals surface area contributed by atoms with Crippen LogP contribution in [0, 0.1) is 17.8 Å².